The zero-order valence-corrected chi connectivity index (χ0v) is 11.4. The summed E-state index contributed by atoms with van der Waals surface area (Å²) >= 11 is 0. The van der Waals surface area contributed by atoms with Gasteiger partial charge in [-0.25, -0.2) is 0 Å². The summed E-state index contributed by atoms with van der Waals surface area (Å²) in [6, 6.07) is 7.81. The number of hydrogen-bond acceptors (Lipinski definition) is 2. The third-order valence-corrected chi connectivity index (χ3v) is 2.66. The van der Waals surface area contributed by atoms with Gasteiger partial charge in [-0.2, -0.15) is 0 Å². The van der Waals surface area contributed by atoms with Crippen LogP contribution in [0, 0.1) is 0 Å². The van der Waals surface area contributed by atoms with Gasteiger partial charge in [-0.15, -0.1) is 12.4 Å². The van der Waals surface area contributed by atoms with Crippen molar-refractivity contribution in [2.45, 2.75) is 39.3 Å². The highest BCUT2D eigenvalue weighted by atomic mass is 35.5. The Bertz CT molecular complexity index is 349. The summed E-state index contributed by atoms with van der Waals surface area (Å²) in [5, 5.41) is 2.87. The molecule has 0 saturated carbocycles. The Labute approximate surface area is 109 Å². The molecular weight excluding hydrogens is 236 g/mol. The standard InChI is InChI=1S/C13H20N2O.ClH/c1-4-11-5-7-12(8-6-11)10(3)15-13(16)9(2)14;/h5-10H,4,14H2,1-3H3,(H,15,16);1H/t9-,10?;/m1./s1. The molecule has 1 amide bonds. The highest BCUT2D eigenvalue weighted by Gasteiger charge is 2.12. The molecule has 1 aromatic rings. The van der Waals surface area contributed by atoms with E-state index in [2.05, 4.69) is 24.4 Å². The van der Waals surface area contributed by atoms with Crippen LogP contribution in [0.1, 0.15) is 37.9 Å². The summed E-state index contributed by atoms with van der Waals surface area (Å²) in [4.78, 5) is 11.4. The number of carbonyl (C=O) groups excluding carboxylic acids is 1. The van der Waals surface area contributed by atoms with E-state index in [1.54, 1.807) is 6.92 Å². The van der Waals surface area contributed by atoms with Crippen molar-refractivity contribution >= 4 is 18.3 Å². The molecule has 3 nitrogen and oxygen atoms in total. The quantitative estimate of drug-likeness (QED) is 0.868. The molecule has 0 bridgehead atoms. The lowest BCUT2D eigenvalue weighted by molar-refractivity contribution is -0.122. The van der Waals surface area contributed by atoms with Crippen LogP contribution >= 0.6 is 12.4 Å². The van der Waals surface area contributed by atoms with E-state index in [1.165, 1.54) is 5.56 Å². The van der Waals surface area contributed by atoms with Gasteiger partial charge in [0.2, 0.25) is 5.91 Å². The number of amides is 1. The van der Waals surface area contributed by atoms with Gasteiger partial charge in [0.25, 0.3) is 0 Å². The van der Waals surface area contributed by atoms with Gasteiger partial charge in [-0.3, -0.25) is 4.79 Å². The fraction of sp³-hybridized carbons (Fsp3) is 0.462. The van der Waals surface area contributed by atoms with Crippen molar-refractivity contribution in [1.29, 1.82) is 0 Å². The molecule has 0 heterocycles. The summed E-state index contributed by atoms with van der Waals surface area (Å²) in [7, 11) is 0. The SMILES string of the molecule is CCc1ccc(C(C)NC(=O)[C@@H](C)N)cc1.Cl. The molecule has 96 valence electrons. The Morgan fingerprint density at radius 1 is 1.29 bits per heavy atom. The van der Waals surface area contributed by atoms with Crippen LogP contribution in [0.15, 0.2) is 24.3 Å². The zero-order valence-electron chi connectivity index (χ0n) is 10.6. The third-order valence-electron chi connectivity index (χ3n) is 2.66. The molecular formula is C13H21ClN2O. The first-order valence-corrected chi connectivity index (χ1v) is 5.69. The minimum absolute atomic E-state index is 0. The fourth-order valence-corrected chi connectivity index (χ4v) is 1.47. The summed E-state index contributed by atoms with van der Waals surface area (Å²) in [5.74, 6) is -0.118. The third kappa shape index (κ3) is 4.75. The van der Waals surface area contributed by atoms with Gasteiger partial charge in [-0.1, -0.05) is 31.2 Å². The van der Waals surface area contributed by atoms with Crippen molar-refractivity contribution in [2.24, 2.45) is 5.73 Å². The number of carbonyl (C=O) groups is 1. The highest BCUT2D eigenvalue weighted by Crippen LogP contribution is 2.13. The van der Waals surface area contributed by atoms with Crippen LogP contribution in [-0.2, 0) is 11.2 Å². The van der Waals surface area contributed by atoms with E-state index >= 15 is 0 Å². The lowest BCUT2D eigenvalue weighted by Crippen LogP contribution is -2.39. The normalized spacial score (nSPS) is 13.4. The highest BCUT2D eigenvalue weighted by molar-refractivity contribution is 5.85. The monoisotopic (exact) mass is 256 g/mol. The minimum atomic E-state index is -0.461. The molecule has 0 saturated heterocycles. The lowest BCUT2D eigenvalue weighted by atomic mass is 10.0. The Morgan fingerprint density at radius 3 is 2.24 bits per heavy atom. The van der Waals surface area contributed by atoms with Crippen LogP contribution in [-0.4, -0.2) is 11.9 Å². The van der Waals surface area contributed by atoms with Gasteiger partial charge in [0.05, 0.1) is 12.1 Å². The maximum absolute atomic E-state index is 11.4. The molecule has 3 N–H and O–H groups in total. The summed E-state index contributed by atoms with van der Waals surface area (Å²) < 4.78 is 0. The Balaban J connectivity index is 0.00000256. The first-order valence-electron chi connectivity index (χ1n) is 5.69. The molecule has 2 atom stereocenters. The second kappa shape index (κ2) is 7.30. The van der Waals surface area contributed by atoms with E-state index in [0.717, 1.165) is 12.0 Å². The maximum Gasteiger partial charge on any atom is 0.237 e. The molecule has 1 rings (SSSR count). The molecule has 1 aromatic carbocycles. The van der Waals surface area contributed by atoms with E-state index in [1.807, 2.05) is 19.1 Å². The van der Waals surface area contributed by atoms with Crippen LogP contribution in [0.25, 0.3) is 0 Å². The molecule has 0 spiro atoms. The maximum atomic E-state index is 11.4. The van der Waals surface area contributed by atoms with E-state index in [-0.39, 0.29) is 24.4 Å². The topological polar surface area (TPSA) is 55.1 Å². The minimum Gasteiger partial charge on any atom is -0.348 e. The first kappa shape index (κ1) is 15.9. The average molecular weight is 257 g/mol. The number of aryl methyl sites for hydroxylation is 1. The molecule has 17 heavy (non-hydrogen) atoms. The number of hydrogen-bond donors (Lipinski definition) is 2. The number of halogens is 1. The second-order valence-corrected chi connectivity index (χ2v) is 4.11. The van der Waals surface area contributed by atoms with Gasteiger partial charge in [0.15, 0.2) is 0 Å². The predicted molar refractivity (Wildman–Crippen MR) is 73.3 cm³/mol. The Morgan fingerprint density at radius 2 is 1.82 bits per heavy atom. The van der Waals surface area contributed by atoms with Crippen molar-refractivity contribution in [3.8, 4) is 0 Å². The molecule has 0 fully saturated rings. The Hall–Kier alpha value is -1.06. The number of nitrogens with one attached hydrogen (secondary N) is 1. The first-order chi connectivity index (χ1) is 7.54. The van der Waals surface area contributed by atoms with Crippen molar-refractivity contribution in [3.05, 3.63) is 35.4 Å². The van der Waals surface area contributed by atoms with E-state index < -0.39 is 6.04 Å². The Kier molecular flexibility index (Phi) is 6.85. The molecule has 0 aliphatic heterocycles. The largest absolute Gasteiger partial charge is 0.348 e. The van der Waals surface area contributed by atoms with E-state index in [4.69, 9.17) is 5.73 Å². The van der Waals surface area contributed by atoms with Crippen molar-refractivity contribution in [2.75, 3.05) is 0 Å². The molecule has 0 radical (unpaired) electrons. The van der Waals surface area contributed by atoms with Crippen LogP contribution in [0.2, 0.25) is 0 Å². The van der Waals surface area contributed by atoms with Gasteiger partial charge >= 0.3 is 0 Å². The summed E-state index contributed by atoms with van der Waals surface area (Å²) in [6.07, 6.45) is 1.03. The molecule has 0 aliphatic rings. The molecule has 4 heteroatoms. The zero-order chi connectivity index (χ0) is 12.1. The smallest absolute Gasteiger partial charge is 0.237 e. The van der Waals surface area contributed by atoms with Crippen molar-refractivity contribution in [1.82, 2.24) is 5.32 Å². The average Bonchev–Trinajstić information content (AvgIpc) is 2.28. The van der Waals surface area contributed by atoms with Crippen LogP contribution in [0.3, 0.4) is 0 Å². The lowest BCUT2D eigenvalue weighted by Gasteiger charge is -2.16. The van der Waals surface area contributed by atoms with Gasteiger partial charge in [-0.05, 0) is 31.4 Å². The second-order valence-electron chi connectivity index (χ2n) is 4.11. The van der Waals surface area contributed by atoms with Gasteiger partial charge in [0, 0.05) is 0 Å². The summed E-state index contributed by atoms with van der Waals surface area (Å²) in [5.41, 5.74) is 7.90. The molecule has 0 aromatic heterocycles. The molecule has 0 aliphatic carbocycles. The van der Waals surface area contributed by atoms with Crippen molar-refractivity contribution in [3.63, 3.8) is 0 Å². The van der Waals surface area contributed by atoms with E-state index in [0.29, 0.717) is 0 Å². The molecule has 1 unspecified atom stereocenters. The van der Waals surface area contributed by atoms with Crippen LogP contribution in [0.5, 0.6) is 0 Å². The van der Waals surface area contributed by atoms with Gasteiger partial charge in [0.1, 0.15) is 0 Å². The van der Waals surface area contributed by atoms with Crippen LogP contribution < -0.4 is 11.1 Å². The number of benzene rings is 1. The van der Waals surface area contributed by atoms with Crippen molar-refractivity contribution < 1.29 is 4.79 Å². The number of rotatable bonds is 4. The predicted octanol–water partition coefficient (Wildman–Crippen LogP) is 2.20. The van der Waals surface area contributed by atoms with E-state index in [9.17, 15) is 4.79 Å². The summed E-state index contributed by atoms with van der Waals surface area (Å²) in [6.45, 7) is 5.76. The number of nitrogens with two attached hydrogens (primary N) is 1. The van der Waals surface area contributed by atoms with Crippen LogP contribution in [0.4, 0.5) is 0 Å². The fourth-order valence-electron chi connectivity index (χ4n) is 1.47. The van der Waals surface area contributed by atoms with Gasteiger partial charge < -0.3 is 11.1 Å².